The molecule has 3 N–H and O–H groups in total. The zero-order valence-corrected chi connectivity index (χ0v) is 8.66. The van der Waals surface area contributed by atoms with E-state index in [1.54, 1.807) is 0 Å². The predicted molar refractivity (Wildman–Crippen MR) is 61.4 cm³/mol. The fourth-order valence-electron chi connectivity index (χ4n) is 1.72. The third kappa shape index (κ3) is 2.21. The monoisotopic (exact) mass is 201 g/mol. The zero-order valence-electron chi connectivity index (χ0n) is 8.66. The Morgan fingerprint density at radius 2 is 2.27 bits per heavy atom. The molecule has 3 nitrogen and oxygen atoms in total. The number of nitrogens with zero attached hydrogens (tertiary/aromatic N) is 1. The molecule has 0 amide bonds. The molecule has 0 aliphatic heterocycles. The average molecular weight is 201 g/mol. The van der Waals surface area contributed by atoms with Gasteiger partial charge in [0.25, 0.3) is 0 Å². The summed E-state index contributed by atoms with van der Waals surface area (Å²) in [5.74, 6) is 0. The van der Waals surface area contributed by atoms with Crippen LogP contribution in [-0.4, -0.2) is 6.04 Å². The van der Waals surface area contributed by atoms with Crippen LogP contribution in [0.15, 0.2) is 18.2 Å². The molecule has 0 spiro atoms. The number of anilines is 2. The van der Waals surface area contributed by atoms with E-state index in [0.717, 1.165) is 11.3 Å². The average Bonchev–Trinajstić information content (AvgIpc) is 2.17. The molecule has 1 saturated carbocycles. The van der Waals surface area contributed by atoms with Gasteiger partial charge < -0.3 is 11.1 Å². The highest BCUT2D eigenvalue weighted by Crippen LogP contribution is 2.25. The van der Waals surface area contributed by atoms with Gasteiger partial charge in [-0.15, -0.1) is 0 Å². The van der Waals surface area contributed by atoms with Crippen molar-refractivity contribution in [1.29, 1.82) is 5.26 Å². The van der Waals surface area contributed by atoms with E-state index in [1.165, 1.54) is 19.3 Å². The van der Waals surface area contributed by atoms with Gasteiger partial charge in [-0.25, -0.2) is 0 Å². The molecular formula is C12H15N3. The van der Waals surface area contributed by atoms with E-state index in [4.69, 9.17) is 11.0 Å². The Hall–Kier alpha value is -1.69. The second kappa shape index (κ2) is 4.22. The Labute approximate surface area is 89.9 Å². The zero-order chi connectivity index (χ0) is 10.7. The molecule has 1 fully saturated rings. The van der Waals surface area contributed by atoms with Gasteiger partial charge >= 0.3 is 0 Å². The number of benzene rings is 1. The smallest absolute Gasteiger partial charge is 0.0670 e. The van der Waals surface area contributed by atoms with Gasteiger partial charge in [0.15, 0.2) is 0 Å². The molecule has 0 aromatic heterocycles. The molecule has 1 aromatic carbocycles. The number of nitriles is 1. The van der Waals surface area contributed by atoms with Gasteiger partial charge in [-0.05, 0) is 43.0 Å². The molecule has 15 heavy (non-hydrogen) atoms. The lowest BCUT2D eigenvalue weighted by Crippen LogP contribution is -2.26. The van der Waals surface area contributed by atoms with Crippen LogP contribution < -0.4 is 11.1 Å². The summed E-state index contributed by atoms with van der Waals surface area (Å²) >= 11 is 0. The van der Waals surface area contributed by atoms with Crippen molar-refractivity contribution in [3.8, 4) is 6.07 Å². The lowest BCUT2D eigenvalue weighted by molar-refractivity contribution is 0.445. The van der Waals surface area contributed by atoms with Gasteiger partial charge in [-0.3, -0.25) is 0 Å². The van der Waals surface area contributed by atoms with Gasteiger partial charge in [0, 0.05) is 17.4 Å². The molecule has 0 unspecified atom stereocenters. The molecule has 2 rings (SSSR count). The Morgan fingerprint density at radius 3 is 2.87 bits per heavy atom. The first kappa shape index (κ1) is 9.85. The molecular weight excluding hydrogens is 186 g/mol. The lowest BCUT2D eigenvalue weighted by atomic mass is 9.93. The van der Waals surface area contributed by atoms with E-state index >= 15 is 0 Å². The Kier molecular flexibility index (Phi) is 2.77. The minimum Gasteiger partial charge on any atom is -0.398 e. The summed E-state index contributed by atoms with van der Waals surface area (Å²) in [6.45, 7) is 0. The molecule has 0 atom stereocenters. The van der Waals surface area contributed by atoms with Gasteiger partial charge in [0.05, 0.1) is 12.5 Å². The summed E-state index contributed by atoms with van der Waals surface area (Å²) in [6, 6.07) is 8.57. The van der Waals surface area contributed by atoms with Crippen LogP contribution in [0.3, 0.4) is 0 Å². The number of nitrogens with two attached hydrogens (primary N) is 1. The summed E-state index contributed by atoms with van der Waals surface area (Å²) in [5, 5.41) is 12.1. The fraction of sp³-hybridized carbons (Fsp3) is 0.417. The first-order valence-corrected chi connectivity index (χ1v) is 5.31. The fourth-order valence-corrected chi connectivity index (χ4v) is 1.72. The normalized spacial score (nSPS) is 15.4. The number of hydrogen-bond acceptors (Lipinski definition) is 3. The van der Waals surface area contributed by atoms with Gasteiger partial charge in [0.1, 0.15) is 0 Å². The third-order valence-corrected chi connectivity index (χ3v) is 2.89. The Morgan fingerprint density at radius 1 is 1.47 bits per heavy atom. The number of hydrogen-bond donors (Lipinski definition) is 2. The molecule has 1 aliphatic carbocycles. The second-order valence-electron chi connectivity index (χ2n) is 4.02. The van der Waals surface area contributed by atoms with Gasteiger partial charge in [-0.2, -0.15) is 5.26 Å². The molecule has 78 valence electrons. The Balaban J connectivity index is 2.11. The van der Waals surface area contributed by atoms with Crippen LogP contribution in [0, 0.1) is 11.3 Å². The maximum atomic E-state index is 8.65. The molecule has 1 aromatic rings. The molecule has 3 heteroatoms. The van der Waals surface area contributed by atoms with Crippen molar-refractivity contribution < 1.29 is 0 Å². The largest absolute Gasteiger partial charge is 0.398 e. The summed E-state index contributed by atoms with van der Waals surface area (Å²) < 4.78 is 0. The van der Waals surface area contributed by atoms with Crippen molar-refractivity contribution in [2.24, 2.45) is 0 Å². The van der Waals surface area contributed by atoms with Crippen molar-refractivity contribution in [3.63, 3.8) is 0 Å². The molecule has 0 bridgehead atoms. The molecule has 0 heterocycles. The van der Waals surface area contributed by atoms with Crippen molar-refractivity contribution in [1.82, 2.24) is 0 Å². The van der Waals surface area contributed by atoms with Gasteiger partial charge in [0.2, 0.25) is 0 Å². The lowest BCUT2D eigenvalue weighted by Gasteiger charge is -2.27. The first-order valence-electron chi connectivity index (χ1n) is 5.31. The van der Waals surface area contributed by atoms with Crippen LogP contribution in [0.25, 0.3) is 0 Å². The molecule has 0 saturated heterocycles. The number of rotatable bonds is 3. The van der Waals surface area contributed by atoms with Crippen LogP contribution in [0.4, 0.5) is 11.4 Å². The van der Waals surface area contributed by atoms with Gasteiger partial charge in [-0.1, -0.05) is 0 Å². The van der Waals surface area contributed by atoms with Crippen LogP contribution in [-0.2, 0) is 6.42 Å². The molecule has 0 radical (unpaired) electrons. The van der Waals surface area contributed by atoms with Crippen LogP contribution in [0.5, 0.6) is 0 Å². The standard InChI is InChI=1S/C12H15N3/c13-7-6-9-8-11(4-5-12(9)14)15-10-2-1-3-10/h4-5,8,10,15H,1-3,6,14H2. The maximum Gasteiger partial charge on any atom is 0.0670 e. The Bertz CT molecular complexity index is 388. The number of nitrogen functional groups attached to an aromatic ring is 1. The van der Waals surface area contributed by atoms with Crippen LogP contribution >= 0.6 is 0 Å². The van der Waals surface area contributed by atoms with E-state index < -0.39 is 0 Å². The van der Waals surface area contributed by atoms with E-state index in [0.29, 0.717) is 18.2 Å². The van der Waals surface area contributed by atoms with E-state index in [1.807, 2.05) is 18.2 Å². The van der Waals surface area contributed by atoms with Crippen molar-refractivity contribution in [2.45, 2.75) is 31.7 Å². The SMILES string of the molecule is N#CCc1cc(NC2CCC2)ccc1N. The summed E-state index contributed by atoms with van der Waals surface area (Å²) in [6.07, 6.45) is 4.19. The second-order valence-corrected chi connectivity index (χ2v) is 4.02. The van der Waals surface area contributed by atoms with Crippen molar-refractivity contribution >= 4 is 11.4 Å². The van der Waals surface area contributed by atoms with Crippen molar-refractivity contribution in [3.05, 3.63) is 23.8 Å². The van der Waals surface area contributed by atoms with E-state index in [9.17, 15) is 0 Å². The maximum absolute atomic E-state index is 8.65. The van der Waals surface area contributed by atoms with Crippen molar-refractivity contribution in [2.75, 3.05) is 11.1 Å². The topological polar surface area (TPSA) is 61.8 Å². The minimum atomic E-state index is 0.381. The van der Waals surface area contributed by atoms with E-state index in [2.05, 4.69) is 11.4 Å². The summed E-state index contributed by atoms with van der Waals surface area (Å²) in [5.41, 5.74) is 8.48. The summed E-state index contributed by atoms with van der Waals surface area (Å²) in [4.78, 5) is 0. The highest BCUT2D eigenvalue weighted by molar-refractivity contribution is 5.58. The third-order valence-electron chi connectivity index (χ3n) is 2.89. The van der Waals surface area contributed by atoms with E-state index in [-0.39, 0.29) is 0 Å². The van der Waals surface area contributed by atoms with Crippen LogP contribution in [0.1, 0.15) is 24.8 Å². The highest BCUT2D eigenvalue weighted by atomic mass is 14.9. The first-order chi connectivity index (χ1) is 7.29. The number of nitrogens with one attached hydrogen (secondary N) is 1. The summed E-state index contributed by atoms with van der Waals surface area (Å²) in [7, 11) is 0. The minimum absolute atomic E-state index is 0.381. The van der Waals surface area contributed by atoms with Crippen LogP contribution in [0.2, 0.25) is 0 Å². The predicted octanol–water partition coefficient (Wildman–Crippen LogP) is 2.30. The molecule has 1 aliphatic rings. The quantitative estimate of drug-likeness (QED) is 0.737. The highest BCUT2D eigenvalue weighted by Gasteiger charge is 2.16.